The van der Waals surface area contributed by atoms with Gasteiger partial charge in [0.2, 0.25) is 0 Å². The lowest BCUT2D eigenvalue weighted by Gasteiger charge is -2.30. The minimum atomic E-state index is 0.788. The predicted octanol–water partition coefficient (Wildman–Crippen LogP) is 5.32. The van der Waals surface area contributed by atoms with Crippen LogP contribution in [0.1, 0.15) is 41.8 Å². The molecule has 0 unspecified atom stereocenters. The SMILES string of the molecule is Cc1nn(-c2ccccc2)c(C)c1CNCc1cc2ccccc2nc1N1CCCCC1. The van der Waals surface area contributed by atoms with Crippen molar-refractivity contribution in [1.29, 1.82) is 0 Å². The van der Waals surface area contributed by atoms with Crippen LogP contribution < -0.4 is 10.2 Å². The Morgan fingerprint density at radius 3 is 2.44 bits per heavy atom. The van der Waals surface area contributed by atoms with Crippen LogP contribution in [0, 0.1) is 13.8 Å². The van der Waals surface area contributed by atoms with Crippen LogP contribution in [0.3, 0.4) is 0 Å². The zero-order valence-electron chi connectivity index (χ0n) is 19.0. The lowest BCUT2D eigenvalue weighted by atomic mass is 10.1. The van der Waals surface area contributed by atoms with Gasteiger partial charge in [-0.25, -0.2) is 9.67 Å². The fraction of sp³-hybridized carbons (Fsp3) is 0.333. The van der Waals surface area contributed by atoms with Crippen LogP contribution in [-0.4, -0.2) is 27.9 Å². The summed E-state index contributed by atoms with van der Waals surface area (Å²) in [6.07, 6.45) is 3.82. The number of aryl methyl sites for hydroxylation is 1. The van der Waals surface area contributed by atoms with Crippen LogP contribution in [0.15, 0.2) is 60.7 Å². The Balaban J connectivity index is 1.38. The maximum Gasteiger partial charge on any atom is 0.133 e. The Kier molecular flexibility index (Phi) is 5.91. The van der Waals surface area contributed by atoms with E-state index in [2.05, 4.69) is 78.7 Å². The van der Waals surface area contributed by atoms with Gasteiger partial charge < -0.3 is 10.2 Å². The summed E-state index contributed by atoms with van der Waals surface area (Å²) < 4.78 is 2.04. The van der Waals surface area contributed by atoms with E-state index in [4.69, 9.17) is 10.1 Å². The molecule has 1 aliphatic heterocycles. The molecule has 2 aromatic carbocycles. The first kappa shape index (κ1) is 20.7. The van der Waals surface area contributed by atoms with Crippen molar-refractivity contribution < 1.29 is 0 Å². The van der Waals surface area contributed by atoms with Gasteiger partial charge >= 0.3 is 0 Å². The summed E-state index contributed by atoms with van der Waals surface area (Å²) in [6, 6.07) is 21.1. The fourth-order valence-corrected chi connectivity index (χ4v) is 4.73. The molecular formula is C27H31N5. The summed E-state index contributed by atoms with van der Waals surface area (Å²) in [5, 5.41) is 9.69. The summed E-state index contributed by atoms with van der Waals surface area (Å²) >= 11 is 0. The van der Waals surface area contributed by atoms with Crippen molar-refractivity contribution in [2.75, 3.05) is 18.0 Å². The molecule has 0 aliphatic carbocycles. The van der Waals surface area contributed by atoms with Crippen LogP contribution >= 0.6 is 0 Å². The second kappa shape index (κ2) is 9.13. The highest BCUT2D eigenvalue weighted by Crippen LogP contribution is 2.26. The largest absolute Gasteiger partial charge is 0.356 e. The van der Waals surface area contributed by atoms with Crippen LogP contribution in [0.25, 0.3) is 16.6 Å². The zero-order valence-corrected chi connectivity index (χ0v) is 19.0. The Morgan fingerprint density at radius 1 is 0.875 bits per heavy atom. The van der Waals surface area contributed by atoms with Crippen molar-refractivity contribution in [3.8, 4) is 5.69 Å². The fourth-order valence-electron chi connectivity index (χ4n) is 4.73. The molecule has 5 heteroatoms. The highest BCUT2D eigenvalue weighted by atomic mass is 15.3. The molecule has 1 N–H and O–H groups in total. The van der Waals surface area contributed by atoms with E-state index < -0.39 is 0 Å². The predicted molar refractivity (Wildman–Crippen MR) is 131 cm³/mol. The number of piperidine rings is 1. The Morgan fingerprint density at radius 2 is 1.62 bits per heavy atom. The third-order valence-corrected chi connectivity index (χ3v) is 6.49. The highest BCUT2D eigenvalue weighted by Gasteiger charge is 2.18. The summed E-state index contributed by atoms with van der Waals surface area (Å²) in [4.78, 5) is 7.54. The summed E-state index contributed by atoms with van der Waals surface area (Å²) in [5.41, 5.74) is 6.98. The quantitative estimate of drug-likeness (QED) is 0.454. The molecule has 0 atom stereocenters. The lowest BCUT2D eigenvalue weighted by Crippen LogP contribution is -2.31. The van der Waals surface area contributed by atoms with Gasteiger partial charge in [0.15, 0.2) is 0 Å². The second-order valence-electron chi connectivity index (χ2n) is 8.71. The lowest BCUT2D eigenvalue weighted by molar-refractivity contribution is 0.570. The van der Waals surface area contributed by atoms with E-state index in [1.54, 1.807) is 0 Å². The molecule has 1 saturated heterocycles. The minimum Gasteiger partial charge on any atom is -0.356 e. The molecule has 5 rings (SSSR count). The average molecular weight is 426 g/mol. The molecule has 2 aromatic heterocycles. The number of nitrogens with one attached hydrogen (secondary N) is 1. The average Bonchev–Trinajstić information content (AvgIpc) is 3.13. The Bertz CT molecular complexity index is 1210. The first-order valence-electron chi connectivity index (χ1n) is 11.7. The van der Waals surface area contributed by atoms with Gasteiger partial charge in [-0.15, -0.1) is 0 Å². The normalized spacial score (nSPS) is 14.2. The maximum absolute atomic E-state index is 5.07. The van der Waals surface area contributed by atoms with Crippen molar-refractivity contribution >= 4 is 16.7 Å². The number of aromatic nitrogens is 3. The molecule has 0 amide bonds. The first-order chi connectivity index (χ1) is 15.7. The van der Waals surface area contributed by atoms with Gasteiger partial charge in [0, 0.05) is 48.4 Å². The molecule has 4 aromatic rings. The number of hydrogen-bond acceptors (Lipinski definition) is 4. The third kappa shape index (κ3) is 4.13. The summed E-state index contributed by atoms with van der Waals surface area (Å²) in [6.45, 7) is 8.03. The molecule has 0 spiro atoms. The van der Waals surface area contributed by atoms with E-state index in [0.717, 1.165) is 48.9 Å². The minimum absolute atomic E-state index is 0.788. The molecule has 3 heterocycles. The molecule has 0 radical (unpaired) electrons. The van der Waals surface area contributed by atoms with Gasteiger partial charge in [-0.3, -0.25) is 0 Å². The topological polar surface area (TPSA) is 46.0 Å². The number of anilines is 1. The van der Waals surface area contributed by atoms with Crippen LogP contribution in [0.4, 0.5) is 5.82 Å². The Labute approximate surface area is 190 Å². The molecule has 0 saturated carbocycles. The van der Waals surface area contributed by atoms with E-state index in [1.807, 2.05) is 10.7 Å². The van der Waals surface area contributed by atoms with E-state index in [9.17, 15) is 0 Å². The van der Waals surface area contributed by atoms with Gasteiger partial charge in [0.05, 0.1) is 16.9 Å². The molecular weight excluding hydrogens is 394 g/mol. The smallest absolute Gasteiger partial charge is 0.133 e. The van der Waals surface area contributed by atoms with Crippen molar-refractivity contribution in [3.05, 3.63) is 83.2 Å². The highest BCUT2D eigenvalue weighted by molar-refractivity contribution is 5.81. The van der Waals surface area contributed by atoms with Crippen molar-refractivity contribution in [3.63, 3.8) is 0 Å². The third-order valence-electron chi connectivity index (χ3n) is 6.49. The second-order valence-corrected chi connectivity index (χ2v) is 8.71. The van der Waals surface area contributed by atoms with Gasteiger partial charge in [-0.05, 0) is 57.4 Å². The van der Waals surface area contributed by atoms with E-state index in [1.165, 1.54) is 41.5 Å². The number of fused-ring (bicyclic) bond motifs is 1. The number of para-hydroxylation sites is 2. The molecule has 5 nitrogen and oxygen atoms in total. The maximum atomic E-state index is 5.07. The standard InChI is InChI=1S/C27H31N5/c1-20-25(21(2)32(30-20)24-12-5-3-6-13-24)19-28-18-23-17-22-11-7-8-14-26(22)29-27(23)31-15-9-4-10-16-31/h3,5-8,11-14,17,28H,4,9-10,15-16,18-19H2,1-2H3. The molecule has 32 heavy (non-hydrogen) atoms. The number of benzene rings is 2. The molecule has 1 fully saturated rings. The van der Waals surface area contributed by atoms with E-state index in [-0.39, 0.29) is 0 Å². The van der Waals surface area contributed by atoms with Gasteiger partial charge in [-0.1, -0.05) is 36.4 Å². The van der Waals surface area contributed by atoms with Crippen molar-refractivity contribution in [2.45, 2.75) is 46.2 Å². The van der Waals surface area contributed by atoms with Crippen LogP contribution in [0.2, 0.25) is 0 Å². The van der Waals surface area contributed by atoms with Crippen LogP contribution in [-0.2, 0) is 13.1 Å². The van der Waals surface area contributed by atoms with E-state index in [0.29, 0.717) is 0 Å². The molecule has 1 aliphatic rings. The van der Waals surface area contributed by atoms with Gasteiger partial charge in [0.1, 0.15) is 5.82 Å². The van der Waals surface area contributed by atoms with E-state index >= 15 is 0 Å². The van der Waals surface area contributed by atoms with Gasteiger partial charge in [-0.2, -0.15) is 5.10 Å². The van der Waals surface area contributed by atoms with Crippen molar-refractivity contribution in [2.24, 2.45) is 0 Å². The monoisotopic (exact) mass is 425 g/mol. The number of nitrogens with zero attached hydrogens (tertiary/aromatic N) is 4. The number of pyridine rings is 1. The molecule has 0 bridgehead atoms. The Hall–Kier alpha value is -3.18. The van der Waals surface area contributed by atoms with Gasteiger partial charge in [0.25, 0.3) is 0 Å². The summed E-state index contributed by atoms with van der Waals surface area (Å²) in [7, 11) is 0. The van der Waals surface area contributed by atoms with Crippen molar-refractivity contribution in [1.82, 2.24) is 20.1 Å². The summed E-state index contributed by atoms with van der Waals surface area (Å²) in [5.74, 6) is 1.14. The number of hydrogen-bond donors (Lipinski definition) is 1. The molecule has 164 valence electrons. The zero-order chi connectivity index (χ0) is 21.9. The number of rotatable bonds is 6. The first-order valence-corrected chi connectivity index (χ1v) is 11.7. The van der Waals surface area contributed by atoms with Crippen LogP contribution in [0.5, 0.6) is 0 Å².